The standard InChI is InChI=1S/C13H19NOS/c1-3-6-14-13-9-16-8-10-4-5-11(15-2)7-12(10)13/h4-5,7,13-14H,3,6,8-9H2,1-2H3. The molecule has 88 valence electrons. The van der Waals surface area contributed by atoms with Crippen LogP contribution in [0.5, 0.6) is 5.75 Å². The summed E-state index contributed by atoms with van der Waals surface area (Å²) in [5.74, 6) is 3.26. The van der Waals surface area contributed by atoms with E-state index >= 15 is 0 Å². The Bertz CT molecular complexity index is 354. The van der Waals surface area contributed by atoms with Crippen LogP contribution in [0, 0.1) is 0 Å². The highest BCUT2D eigenvalue weighted by atomic mass is 32.2. The lowest BCUT2D eigenvalue weighted by molar-refractivity contribution is 0.413. The van der Waals surface area contributed by atoms with E-state index in [0.29, 0.717) is 6.04 Å². The molecule has 16 heavy (non-hydrogen) atoms. The quantitative estimate of drug-likeness (QED) is 0.870. The lowest BCUT2D eigenvalue weighted by atomic mass is 10.0. The Hall–Kier alpha value is -0.670. The van der Waals surface area contributed by atoms with E-state index in [1.54, 1.807) is 7.11 Å². The molecule has 0 fully saturated rings. The van der Waals surface area contributed by atoms with Crippen LogP contribution in [0.15, 0.2) is 18.2 Å². The van der Waals surface area contributed by atoms with E-state index in [4.69, 9.17) is 4.74 Å². The van der Waals surface area contributed by atoms with Gasteiger partial charge in [-0.05, 0) is 36.2 Å². The zero-order chi connectivity index (χ0) is 11.4. The predicted octanol–water partition coefficient (Wildman–Crippen LogP) is 2.98. The Morgan fingerprint density at radius 1 is 1.50 bits per heavy atom. The van der Waals surface area contributed by atoms with Crippen LogP contribution < -0.4 is 10.1 Å². The van der Waals surface area contributed by atoms with E-state index in [0.717, 1.165) is 18.0 Å². The molecule has 2 rings (SSSR count). The summed E-state index contributed by atoms with van der Waals surface area (Å²) in [5, 5.41) is 3.60. The van der Waals surface area contributed by atoms with Gasteiger partial charge < -0.3 is 10.1 Å². The predicted molar refractivity (Wildman–Crippen MR) is 70.2 cm³/mol. The van der Waals surface area contributed by atoms with Gasteiger partial charge in [-0.2, -0.15) is 11.8 Å². The second-order valence-corrected chi connectivity index (χ2v) is 5.12. The Morgan fingerprint density at radius 2 is 2.38 bits per heavy atom. The van der Waals surface area contributed by atoms with Gasteiger partial charge in [0.25, 0.3) is 0 Å². The van der Waals surface area contributed by atoms with Crippen molar-refractivity contribution >= 4 is 11.8 Å². The highest BCUT2D eigenvalue weighted by Crippen LogP contribution is 2.33. The van der Waals surface area contributed by atoms with Gasteiger partial charge in [-0.3, -0.25) is 0 Å². The lowest BCUT2D eigenvalue weighted by Crippen LogP contribution is -2.27. The highest BCUT2D eigenvalue weighted by molar-refractivity contribution is 7.98. The maximum absolute atomic E-state index is 5.30. The summed E-state index contributed by atoms with van der Waals surface area (Å²) >= 11 is 2.01. The summed E-state index contributed by atoms with van der Waals surface area (Å²) < 4.78 is 5.30. The van der Waals surface area contributed by atoms with Gasteiger partial charge in [-0.25, -0.2) is 0 Å². The molecule has 0 saturated carbocycles. The fourth-order valence-electron chi connectivity index (χ4n) is 2.02. The zero-order valence-corrected chi connectivity index (χ0v) is 10.8. The maximum atomic E-state index is 5.30. The van der Waals surface area contributed by atoms with Crippen molar-refractivity contribution < 1.29 is 4.74 Å². The van der Waals surface area contributed by atoms with Gasteiger partial charge in [0.2, 0.25) is 0 Å². The third-order valence-corrected chi connectivity index (χ3v) is 4.00. The van der Waals surface area contributed by atoms with Crippen LogP contribution in [0.3, 0.4) is 0 Å². The van der Waals surface area contributed by atoms with Crippen molar-refractivity contribution in [3.63, 3.8) is 0 Å². The van der Waals surface area contributed by atoms with Crippen LogP contribution in [0.1, 0.15) is 30.5 Å². The molecule has 1 aliphatic heterocycles. The van der Waals surface area contributed by atoms with Crippen molar-refractivity contribution in [2.24, 2.45) is 0 Å². The summed E-state index contributed by atoms with van der Waals surface area (Å²) in [4.78, 5) is 0. The first-order valence-corrected chi connectivity index (χ1v) is 6.98. The van der Waals surface area contributed by atoms with Gasteiger partial charge >= 0.3 is 0 Å². The zero-order valence-electron chi connectivity index (χ0n) is 9.95. The summed E-state index contributed by atoms with van der Waals surface area (Å²) in [6.45, 7) is 3.29. The molecule has 1 N–H and O–H groups in total. The number of benzene rings is 1. The Balaban J connectivity index is 2.21. The normalized spacial score (nSPS) is 19.2. The second-order valence-electron chi connectivity index (χ2n) is 4.09. The van der Waals surface area contributed by atoms with Crippen molar-refractivity contribution in [1.82, 2.24) is 5.32 Å². The van der Waals surface area contributed by atoms with Crippen LogP contribution in [0.2, 0.25) is 0 Å². The SMILES string of the molecule is CCCNC1CSCc2ccc(OC)cc21. The van der Waals surface area contributed by atoms with Crippen molar-refractivity contribution in [2.45, 2.75) is 25.1 Å². The molecule has 1 heterocycles. The molecule has 0 spiro atoms. The van der Waals surface area contributed by atoms with Gasteiger partial charge in [0.05, 0.1) is 7.11 Å². The minimum absolute atomic E-state index is 0.490. The number of hydrogen-bond acceptors (Lipinski definition) is 3. The average molecular weight is 237 g/mol. The third kappa shape index (κ3) is 2.53. The molecule has 1 aromatic rings. The minimum atomic E-state index is 0.490. The number of ether oxygens (including phenoxy) is 1. The highest BCUT2D eigenvalue weighted by Gasteiger charge is 2.20. The number of hydrogen-bond donors (Lipinski definition) is 1. The third-order valence-electron chi connectivity index (χ3n) is 2.91. The van der Waals surface area contributed by atoms with E-state index in [-0.39, 0.29) is 0 Å². The van der Waals surface area contributed by atoms with Crippen molar-refractivity contribution in [1.29, 1.82) is 0 Å². The van der Waals surface area contributed by atoms with E-state index in [9.17, 15) is 0 Å². The first kappa shape index (κ1) is 11.8. The molecule has 0 bridgehead atoms. The number of rotatable bonds is 4. The number of methoxy groups -OCH3 is 1. The molecule has 0 aromatic heterocycles. The van der Waals surface area contributed by atoms with Gasteiger partial charge in [0, 0.05) is 17.5 Å². The number of nitrogens with one attached hydrogen (secondary N) is 1. The molecule has 3 heteroatoms. The summed E-state index contributed by atoms with van der Waals surface area (Å²) in [6.07, 6.45) is 1.18. The smallest absolute Gasteiger partial charge is 0.119 e. The van der Waals surface area contributed by atoms with Crippen molar-refractivity contribution in [3.05, 3.63) is 29.3 Å². The first-order chi connectivity index (χ1) is 7.85. The van der Waals surface area contributed by atoms with Gasteiger partial charge in [-0.15, -0.1) is 0 Å². The van der Waals surface area contributed by atoms with E-state index < -0.39 is 0 Å². The van der Waals surface area contributed by atoms with Gasteiger partial charge in [0.1, 0.15) is 5.75 Å². The molecule has 1 aromatic carbocycles. The Morgan fingerprint density at radius 3 is 3.12 bits per heavy atom. The first-order valence-electron chi connectivity index (χ1n) is 5.83. The van der Waals surface area contributed by atoms with E-state index in [1.165, 1.54) is 23.3 Å². The van der Waals surface area contributed by atoms with Crippen LogP contribution >= 0.6 is 11.8 Å². The number of fused-ring (bicyclic) bond motifs is 1. The maximum Gasteiger partial charge on any atom is 0.119 e. The van der Waals surface area contributed by atoms with Crippen molar-refractivity contribution in [2.75, 3.05) is 19.4 Å². The van der Waals surface area contributed by atoms with Gasteiger partial charge in [0.15, 0.2) is 0 Å². The van der Waals surface area contributed by atoms with Gasteiger partial charge in [-0.1, -0.05) is 13.0 Å². The topological polar surface area (TPSA) is 21.3 Å². The molecule has 1 aliphatic rings. The van der Waals surface area contributed by atoms with E-state index in [1.807, 2.05) is 11.8 Å². The fraction of sp³-hybridized carbons (Fsp3) is 0.538. The second kappa shape index (κ2) is 5.60. The van der Waals surface area contributed by atoms with Crippen molar-refractivity contribution in [3.8, 4) is 5.75 Å². The molecule has 0 aliphatic carbocycles. The fourth-order valence-corrected chi connectivity index (χ4v) is 3.15. The lowest BCUT2D eigenvalue weighted by Gasteiger charge is -2.26. The largest absolute Gasteiger partial charge is 0.497 e. The van der Waals surface area contributed by atoms with E-state index in [2.05, 4.69) is 30.4 Å². The number of thioether (sulfide) groups is 1. The Labute approximate surface area is 102 Å². The molecule has 2 nitrogen and oxygen atoms in total. The Kier molecular flexibility index (Phi) is 4.13. The monoisotopic (exact) mass is 237 g/mol. The molecular formula is C13H19NOS. The van der Waals surface area contributed by atoms with Crippen LogP contribution in [-0.2, 0) is 5.75 Å². The molecule has 1 atom stereocenters. The van der Waals surface area contributed by atoms with Crippen LogP contribution in [0.25, 0.3) is 0 Å². The van der Waals surface area contributed by atoms with Crippen LogP contribution in [0.4, 0.5) is 0 Å². The summed E-state index contributed by atoms with van der Waals surface area (Å²) in [7, 11) is 1.73. The minimum Gasteiger partial charge on any atom is -0.497 e. The molecule has 0 radical (unpaired) electrons. The molecule has 0 amide bonds. The molecule has 0 saturated heterocycles. The average Bonchev–Trinajstić information content (AvgIpc) is 2.35. The summed E-state index contributed by atoms with van der Waals surface area (Å²) in [5.41, 5.74) is 2.87. The molecular weight excluding hydrogens is 218 g/mol. The molecule has 1 unspecified atom stereocenters. The summed E-state index contributed by atoms with van der Waals surface area (Å²) in [6, 6.07) is 6.93. The van der Waals surface area contributed by atoms with Crippen LogP contribution in [-0.4, -0.2) is 19.4 Å².